The van der Waals surface area contributed by atoms with Gasteiger partial charge in [-0.2, -0.15) is 0 Å². The van der Waals surface area contributed by atoms with Gasteiger partial charge in [-0.15, -0.1) is 0 Å². The smallest absolute Gasteiger partial charge is 0.163 e. The number of ether oxygens (including phenoxy) is 1. The Labute approximate surface area is 207 Å². The molecule has 5 heteroatoms. The van der Waals surface area contributed by atoms with Crippen molar-refractivity contribution in [3.8, 4) is 5.75 Å². The van der Waals surface area contributed by atoms with Crippen molar-refractivity contribution in [3.63, 3.8) is 0 Å². The van der Waals surface area contributed by atoms with Crippen molar-refractivity contribution >= 4 is 17.3 Å². The van der Waals surface area contributed by atoms with Crippen molar-refractivity contribution in [3.05, 3.63) is 77.1 Å². The van der Waals surface area contributed by atoms with Crippen LogP contribution in [-0.2, 0) is 21.0 Å². The lowest BCUT2D eigenvalue weighted by atomic mass is 9.62. The van der Waals surface area contributed by atoms with Crippen molar-refractivity contribution < 1.29 is 24.2 Å². The van der Waals surface area contributed by atoms with Crippen LogP contribution >= 0.6 is 0 Å². The molecule has 0 unspecified atom stereocenters. The summed E-state index contributed by atoms with van der Waals surface area (Å²) in [5, 5.41) is 11.0. The van der Waals surface area contributed by atoms with Crippen molar-refractivity contribution in [2.24, 2.45) is 16.7 Å². The number of carbonyl (C=O) groups is 3. The minimum atomic E-state index is -0.971. The molecule has 0 amide bonds. The van der Waals surface area contributed by atoms with Crippen molar-refractivity contribution in [1.29, 1.82) is 0 Å². The maximum Gasteiger partial charge on any atom is 0.163 e. The van der Waals surface area contributed by atoms with E-state index in [1.807, 2.05) is 58.0 Å². The first-order chi connectivity index (χ1) is 16.5. The first kappa shape index (κ1) is 24.9. The lowest BCUT2D eigenvalue weighted by Gasteiger charge is -2.39. The van der Waals surface area contributed by atoms with Gasteiger partial charge in [-0.3, -0.25) is 14.4 Å². The normalized spacial score (nSPS) is 21.2. The molecule has 0 aromatic heterocycles. The number of benzene rings is 2. The minimum absolute atomic E-state index is 0.00825. The summed E-state index contributed by atoms with van der Waals surface area (Å²) in [6.45, 7) is 8.12. The first-order valence-corrected chi connectivity index (χ1v) is 12.2. The zero-order valence-electron chi connectivity index (χ0n) is 21.0. The number of aliphatic hydroxyl groups is 1. The van der Waals surface area contributed by atoms with Gasteiger partial charge in [0.2, 0.25) is 0 Å². The van der Waals surface area contributed by atoms with Crippen LogP contribution in [0.5, 0.6) is 5.75 Å². The number of Topliss-reactive ketones (excluding diaryl/α,β-unsaturated/α-hetero) is 3. The molecule has 2 aromatic rings. The molecule has 0 heterocycles. The fraction of sp³-hybridized carbons (Fsp3) is 0.433. The van der Waals surface area contributed by atoms with Gasteiger partial charge in [0.25, 0.3) is 0 Å². The second kappa shape index (κ2) is 9.44. The summed E-state index contributed by atoms with van der Waals surface area (Å²) in [6, 6.07) is 17.0. The number of aliphatic hydroxyl groups excluding tert-OH is 1. The van der Waals surface area contributed by atoms with Crippen LogP contribution in [0, 0.1) is 16.7 Å². The SMILES string of the molecule is CC1(C)CC(=O)C([C@@H](C2=C(O)CC(C)(C)CC2=O)c2ccc(OCc3ccccc3)cc2)C(=O)C1. The summed E-state index contributed by atoms with van der Waals surface area (Å²) in [7, 11) is 0. The molecule has 0 aliphatic heterocycles. The molecule has 2 aliphatic rings. The van der Waals surface area contributed by atoms with E-state index in [1.54, 1.807) is 24.3 Å². The summed E-state index contributed by atoms with van der Waals surface area (Å²) in [4.78, 5) is 39.8. The average Bonchev–Trinajstić information content (AvgIpc) is 2.75. The molecule has 1 saturated carbocycles. The third kappa shape index (κ3) is 5.55. The van der Waals surface area contributed by atoms with Crippen molar-refractivity contribution in [1.82, 2.24) is 0 Å². The summed E-state index contributed by atoms with van der Waals surface area (Å²) < 4.78 is 5.89. The summed E-state index contributed by atoms with van der Waals surface area (Å²) >= 11 is 0. The van der Waals surface area contributed by atoms with Crippen LogP contribution in [-0.4, -0.2) is 22.5 Å². The maximum absolute atomic E-state index is 13.3. The van der Waals surface area contributed by atoms with Crippen LogP contribution in [0.1, 0.15) is 70.4 Å². The van der Waals surface area contributed by atoms with Crippen LogP contribution in [0.25, 0.3) is 0 Å². The Morgan fingerprint density at radius 2 is 1.40 bits per heavy atom. The quantitative estimate of drug-likeness (QED) is 0.510. The maximum atomic E-state index is 13.3. The van der Waals surface area contributed by atoms with E-state index >= 15 is 0 Å². The number of hydrogen-bond acceptors (Lipinski definition) is 5. The molecular weight excluding hydrogens is 440 g/mol. The topological polar surface area (TPSA) is 80.7 Å². The molecule has 0 spiro atoms. The highest BCUT2D eigenvalue weighted by atomic mass is 16.5. The van der Waals surface area contributed by atoms with E-state index in [9.17, 15) is 19.5 Å². The van der Waals surface area contributed by atoms with Gasteiger partial charge < -0.3 is 9.84 Å². The first-order valence-electron chi connectivity index (χ1n) is 12.2. The Kier molecular flexibility index (Phi) is 6.72. The van der Waals surface area contributed by atoms with Gasteiger partial charge in [0, 0.05) is 37.2 Å². The molecule has 4 rings (SSSR count). The molecule has 1 N–H and O–H groups in total. The van der Waals surface area contributed by atoms with Crippen LogP contribution < -0.4 is 4.74 Å². The lowest BCUT2D eigenvalue weighted by molar-refractivity contribution is -0.140. The second-order valence-corrected chi connectivity index (χ2v) is 11.6. The molecule has 2 aromatic carbocycles. The predicted octanol–water partition coefficient (Wildman–Crippen LogP) is 6.12. The van der Waals surface area contributed by atoms with Gasteiger partial charge in [-0.25, -0.2) is 0 Å². The third-order valence-corrected chi connectivity index (χ3v) is 7.03. The molecule has 0 radical (unpaired) electrons. The van der Waals surface area contributed by atoms with Crippen LogP contribution in [0.4, 0.5) is 0 Å². The Hall–Kier alpha value is -3.21. The number of hydrogen-bond donors (Lipinski definition) is 1. The van der Waals surface area contributed by atoms with Gasteiger partial charge in [-0.05, 0) is 34.1 Å². The second-order valence-electron chi connectivity index (χ2n) is 11.6. The van der Waals surface area contributed by atoms with E-state index in [4.69, 9.17) is 4.74 Å². The van der Waals surface area contributed by atoms with Crippen molar-refractivity contribution in [2.45, 2.75) is 65.9 Å². The monoisotopic (exact) mass is 474 g/mol. The predicted molar refractivity (Wildman–Crippen MR) is 134 cm³/mol. The Balaban J connectivity index is 1.69. The van der Waals surface area contributed by atoms with E-state index < -0.39 is 17.3 Å². The zero-order valence-corrected chi connectivity index (χ0v) is 21.0. The van der Waals surface area contributed by atoms with Gasteiger partial charge >= 0.3 is 0 Å². The van der Waals surface area contributed by atoms with Crippen molar-refractivity contribution in [2.75, 3.05) is 0 Å². The Bertz CT molecular complexity index is 1130. The number of ketones is 3. The number of allylic oxidation sites excluding steroid dienone is 2. The summed E-state index contributed by atoms with van der Waals surface area (Å²) in [5.74, 6) is -1.66. The molecule has 0 saturated heterocycles. The fourth-order valence-electron chi connectivity index (χ4n) is 5.47. The molecule has 2 aliphatic carbocycles. The third-order valence-electron chi connectivity index (χ3n) is 7.03. The highest BCUT2D eigenvalue weighted by Crippen LogP contribution is 2.47. The molecule has 35 heavy (non-hydrogen) atoms. The van der Waals surface area contributed by atoms with E-state index in [0.717, 1.165) is 5.56 Å². The number of carbonyl (C=O) groups excluding carboxylic acids is 3. The molecule has 1 atom stereocenters. The zero-order chi connectivity index (χ0) is 25.4. The average molecular weight is 475 g/mol. The van der Waals surface area contributed by atoms with Gasteiger partial charge in [0.15, 0.2) is 5.78 Å². The number of rotatable bonds is 6. The summed E-state index contributed by atoms with van der Waals surface area (Å²) in [6.07, 6.45) is 1.14. The van der Waals surface area contributed by atoms with Gasteiger partial charge in [0.05, 0.1) is 5.92 Å². The molecule has 184 valence electrons. The molecule has 5 nitrogen and oxygen atoms in total. The Morgan fingerprint density at radius 3 is 1.97 bits per heavy atom. The lowest BCUT2D eigenvalue weighted by Crippen LogP contribution is -2.43. The van der Waals surface area contributed by atoms with Crippen LogP contribution in [0.2, 0.25) is 0 Å². The van der Waals surface area contributed by atoms with E-state index in [-0.39, 0.29) is 53.4 Å². The molecular formula is C30H34O5. The van der Waals surface area contributed by atoms with Gasteiger partial charge in [-0.1, -0.05) is 70.2 Å². The largest absolute Gasteiger partial charge is 0.512 e. The Morgan fingerprint density at radius 1 is 0.829 bits per heavy atom. The van der Waals surface area contributed by atoms with E-state index in [2.05, 4.69) is 0 Å². The minimum Gasteiger partial charge on any atom is -0.512 e. The standard InChI is InChI=1S/C30H34O5/c1-29(2)14-22(31)27(23(32)15-29)26(28-24(33)16-30(3,4)17-25(28)34)20-10-12-21(13-11-20)35-18-19-8-6-5-7-9-19/h5-13,26-27,33H,14-18H2,1-4H3/t26-/m0/s1. The fourth-order valence-corrected chi connectivity index (χ4v) is 5.47. The summed E-state index contributed by atoms with van der Waals surface area (Å²) in [5.41, 5.74) is 1.15. The van der Waals surface area contributed by atoms with Crippen LogP contribution in [0.3, 0.4) is 0 Å². The highest BCUT2D eigenvalue weighted by molar-refractivity contribution is 6.09. The van der Waals surface area contributed by atoms with E-state index in [1.165, 1.54) is 0 Å². The molecule has 0 bridgehead atoms. The highest BCUT2D eigenvalue weighted by Gasteiger charge is 2.48. The molecule has 1 fully saturated rings. The van der Waals surface area contributed by atoms with E-state index in [0.29, 0.717) is 24.3 Å². The van der Waals surface area contributed by atoms with Gasteiger partial charge in [0.1, 0.15) is 29.7 Å². The van der Waals surface area contributed by atoms with Crippen LogP contribution in [0.15, 0.2) is 65.9 Å².